The van der Waals surface area contributed by atoms with Crippen molar-refractivity contribution < 1.29 is 21.5 Å². The zero-order chi connectivity index (χ0) is 17.4. The third-order valence-corrected chi connectivity index (χ3v) is 5.39. The Labute approximate surface area is 176 Å². The van der Waals surface area contributed by atoms with Gasteiger partial charge < -0.3 is 21.5 Å². The van der Waals surface area contributed by atoms with Crippen LogP contribution in [0.1, 0.15) is 30.4 Å². The highest BCUT2D eigenvalue weighted by Gasteiger charge is 2.27. The molecule has 3 rings (SSSR count). The molecule has 0 atom stereocenters. The van der Waals surface area contributed by atoms with Crippen LogP contribution in [-0.2, 0) is 0 Å². The van der Waals surface area contributed by atoms with E-state index < -0.39 is 0 Å². The molecule has 0 radical (unpaired) electrons. The first-order valence-corrected chi connectivity index (χ1v) is 9.86. The van der Waals surface area contributed by atoms with Gasteiger partial charge in [-0.25, -0.2) is 0 Å². The van der Waals surface area contributed by atoms with Gasteiger partial charge in [-0.15, -0.1) is 0 Å². The fourth-order valence-corrected chi connectivity index (χ4v) is 3.67. The molecule has 2 aromatic carbocycles. The van der Waals surface area contributed by atoms with Crippen LogP contribution < -0.4 is 17.0 Å². The maximum atomic E-state index is 3.47. The summed E-state index contributed by atoms with van der Waals surface area (Å²) in [6, 6.07) is 18.8. The summed E-state index contributed by atoms with van der Waals surface area (Å²) in [5.41, 5.74) is 2.37. The molecule has 136 valence electrons. The molecule has 0 aliphatic carbocycles. The molecule has 0 bridgehead atoms. The maximum Gasteiger partial charge on any atom is 0.141 e. The highest BCUT2D eigenvalue weighted by molar-refractivity contribution is 9.10. The monoisotopic (exact) mass is 473 g/mol. The summed E-state index contributed by atoms with van der Waals surface area (Å²) in [5, 5.41) is 0. The first kappa shape index (κ1) is 21.0. The normalized spacial score (nSPS) is 15.7. The molecule has 26 heavy (non-hydrogen) atoms. The van der Waals surface area contributed by atoms with E-state index in [0.29, 0.717) is 0 Å². The van der Waals surface area contributed by atoms with E-state index in [-0.39, 0.29) is 17.0 Å². The highest BCUT2D eigenvalue weighted by atomic mass is 79.9. The van der Waals surface area contributed by atoms with Crippen molar-refractivity contribution in [3.8, 4) is 11.8 Å². The molecular weight excluding hydrogens is 450 g/mol. The average molecular weight is 475 g/mol. The van der Waals surface area contributed by atoms with Crippen LogP contribution in [0, 0.1) is 11.8 Å². The van der Waals surface area contributed by atoms with Crippen LogP contribution in [0.25, 0.3) is 6.08 Å². The molecule has 0 unspecified atom stereocenters. The minimum atomic E-state index is 0. The molecule has 1 nitrogen and oxygen atoms in total. The quantitative estimate of drug-likeness (QED) is 0.471. The lowest BCUT2D eigenvalue weighted by Crippen LogP contribution is -3.00. The highest BCUT2D eigenvalue weighted by Crippen LogP contribution is 2.19. The molecule has 1 fully saturated rings. The minimum Gasteiger partial charge on any atom is -1.00 e. The van der Waals surface area contributed by atoms with Crippen molar-refractivity contribution in [3.05, 3.63) is 76.3 Å². The van der Waals surface area contributed by atoms with Gasteiger partial charge in [-0.1, -0.05) is 58.3 Å². The standard InChI is InChI=1S/C23H25BrN.BrH/c24-23-15-13-22(14-16-23)12-8-20-25(17-5-2-6-18-25)19-7-11-21-9-3-1-4-10-21;/h1,3-4,7,9-11,13-16H,2,5-6,17-20H2;1H/q+1;/p-1. The predicted octanol–water partition coefficient (Wildman–Crippen LogP) is 2.52. The van der Waals surface area contributed by atoms with Gasteiger partial charge in [0.25, 0.3) is 0 Å². The van der Waals surface area contributed by atoms with Crippen LogP contribution in [0.4, 0.5) is 0 Å². The van der Waals surface area contributed by atoms with Gasteiger partial charge >= 0.3 is 0 Å². The second kappa shape index (κ2) is 10.7. The Morgan fingerprint density at radius 3 is 2.31 bits per heavy atom. The van der Waals surface area contributed by atoms with E-state index in [1.807, 2.05) is 0 Å². The van der Waals surface area contributed by atoms with Crippen molar-refractivity contribution in [2.24, 2.45) is 0 Å². The number of piperidine rings is 1. The van der Waals surface area contributed by atoms with Crippen molar-refractivity contribution in [2.45, 2.75) is 19.3 Å². The minimum absolute atomic E-state index is 0. The summed E-state index contributed by atoms with van der Waals surface area (Å²) in [4.78, 5) is 0. The van der Waals surface area contributed by atoms with Crippen LogP contribution >= 0.6 is 15.9 Å². The Morgan fingerprint density at radius 1 is 0.923 bits per heavy atom. The van der Waals surface area contributed by atoms with Gasteiger partial charge in [0.15, 0.2) is 0 Å². The van der Waals surface area contributed by atoms with Crippen molar-refractivity contribution in [1.82, 2.24) is 0 Å². The van der Waals surface area contributed by atoms with Crippen LogP contribution in [0.3, 0.4) is 0 Å². The Morgan fingerprint density at radius 2 is 1.62 bits per heavy atom. The Hall–Kier alpha value is -1.34. The second-order valence-corrected chi connectivity index (χ2v) is 7.73. The lowest BCUT2D eigenvalue weighted by Gasteiger charge is -2.39. The van der Waals surface area contributed by atoms with Gasteiger partial charge in [-0.05, 0) is 61.1 Å². The maximum absolute atomic E-state index is 3.47. The van der Waals surface area contributed by atoms with Crippen LogP contribution in [0.2, 0.25) is 0 Å². The van der Waals surface area contributed by atoms with Gasteiger partial charge in [0.2, 0.25) is 0 Å². The Balaban J connectivity index is 0.00000243. The van der Waals surface area contributed by atoms with Gasteiger partial charge in [-0.3, -0.25) is 0 Å². The number of benzene rings is 2. The van der Waals surface area contributed by atoms with E-state index in [2.05, 4.69) is 94.5 Å². The van der Waals surface area contributed by atoms with Gasteiger partial charge in [0.1, 0.15) is 6.54 Å². The van der Waals surface area contributed by atoms with Crippen molar-refractivity contribution in [2.75, 3.05) is 26.2 Å². The molecule has 1 aliphatic heterocycles. The second-order valence-electron chi connectivity index (χ2n) is 6.81. The molecular formula is C23H25Br2N. The van der Waals surface area contributed by atoms with E-state index in [9.17, 15) is 0 Å². The largest absolute Gasteiger partial charge is 1.00 e. The number of likely N-dealkylation sites (tertiary alicyclic amines) is 1. The predicted molar refractivity (Wildman–Crippen MR) is 110 cm³/mol. The van der Waals surface area contributed by atoms with Crippen LogP contribution in [-0.4, -0.2) is 30.7 Å². The summed E-state index contributed by atoms with van der Waals surface area (Å²) in [6.45, 7) is 4.50. The van der Waals surface area contributed by atoms with Gasteiger partial charge in [-0.2, -0.15) is 0 Å². The number of hydrogen-bond acceptors (Lipinski definition) is 0. The third-order valence-electron chi connectivity index (χ3n) is 4.86. The summed E-state index contributed by atoms with van der Waals surface area (Å²) in [7, 11) is 0. The van der Waals surface area contributed by atoms with E-state index in [0.717, 1.165) is 27.6 Å². The molecule has 0 amide bonds. The number of nitrogens with zero attached hydrogens (tertiary/aromatic N) is 1. The van der Waals surface area contributed by atoms with E-state index in [1.165, 1.54) is 37.9 Å². The molecule has 3 heteroatoms. The topological polar surface area (TPSA) is 0 Å². The Kier molecular flexibility index (Phi) is 8.65. The van der Waals surface area contributed by atoms with E-state index >= 15 is 0 Å². The van der Waals surface area contributed by atoms with Crippen LogP contribution in [0.5, 0.6) is 0 Å². The zero-order valence-electron chi connectivity index (χ0n) is 15.0. The van der Waals surface area contributed by atoms with Gasteiger partial charge in [0, 0.05) is 10.0 Å². The SMILES string of the molecule is Brc1ccc(C#CC[N+]2(CC=Cc3ccccc3)CCCCC2)cc1.[Br-]. The van der Waals surface area contributed by atoms with Crippen molar-refractivity contribution in [3.63, 3.8) is 0 Å². The van der Waals surface area contributed by atoms with Crippen LogP contribution in [0.15, 0.2) is 65.1 Å². The average Bonchev–Trinajstić information content (AvgIpc) is 2.65. The smallest absolute Gasteiger partial charge is 0.141 e. The summed E-state index contributed by atoms with van der Waals surface area (Å²) in [6.07, 6.45) is 8.58. The summed E-state index contributed by atoms with van der Waals surface area (Å²) in [5.74, 6) is 6.79. The fraction of sp³-hybridized carbons (Fsp3) is 0.304. The lowest BCUT2D eigenvalue weighted by atomic mass is 10.1. The van der Waals surface area contributed by atoms with Crippen molar-refractivity contribution in [1.29, 1.82) is 0 Å². The summed E-state index contributed by atoms with van der Waals surface area (Å²) >= 11 is 3.47. The number of halogens is 2. The molecule has 0 aromatic heterocycles. The molecule has 1 aliphatic rings. The molecule has 0 N–H and O–H groups in total. The van der Waals surface area contributed by atoms with Gasteiger partial charge in [0.05, 0.1) is 19.6 Å². The van der Waals surface area contributed by atoms with E-state index in [1.54, 1.807) is 0 Å². The summed E-state index contributed by atoms with van der Waals surface area (Å²) < 4.78 is 2.20. The first-order chi connectivity index (χ1) is 12.3. The molecule has 0 saturated carbocycles. The fourth-order valence-electron chi connectivity index (χ4n) is 3.41. The Bertz CT molecular complexity index is 748. The lowest BCUT2D eigenvalue weighted by molar-refractivity contribution is -0.920. The zero-order valence-corrected chi connectivity index (χ0v) is 18.2. The molecule has 2 aromatic rings. The molecule has 0 spiro atoms. The number of quaternary nitrogens is 1. The number of rotatable bonds is 4. The molecule has 1 saturated heterocycles. The van der Waals surface area contributed by atoms with E-state index in [4.69, 9.17) is 0 Å². The third kappa shape index (κ3) is 6.43. The first-order valence-electron chi connectivity index (χ1n) is 9.07. The number of hydrogen-bond donors (Lipinski definition) is 0. The molecule has 1 heterocycles. The van der Waals surface area contributed by atoms with Crippen molar-refractivity contribution >= 4 is 22.0 Å².